The van der Waals surface area contributed by atoms with Gasteiger partial charge in [-0.15, -0.1) is 0 Å². The van der Waals surface area contributed by atoms with Gasteiger partial charge in [-0.05, 0) is 30.2 Å². The van der Waals surface area contributed by atoms with Crippen LogP contribution < -0.4 is 0 Å². The molecule has 0 N–H and O–H groups in total. The third kappa shape index (κ3) is 4.23. The predicted molar refractivity (Wildman–Crippen MR) is 178 cm³/mol. The van der Waals surface area contributed by atoms with Crippen molar-refractivity contribution in [1.82, 2.24) is 0 Å². The first-order chi connectivity index (χ1) is 16.1. The fraction of sp³-hybridized carbons (Fsp3) is 0.750. The minimum Gasteiger partial charge on any atom is -0.549 e. The molecule has 5 heteroatoms. The van der Waals surface area contributed by atoms with Gasteiger partial charge in [0.05, 0.1) is 14.2 Å². The molecule has 2 rings (SSSR count). The molecule has 0 saturated carbocycles. The van der Waals surface area contributed by atoms with Gasteiger partial charge in [-0.25, -0.2) is 0 Å². The molecule has 1 aliphatic rings. The molecule has 0 bridgehead atoms. The highest BCUT2D eigenvalue weighted by Crippen LogP contribution is 2.81. The zero-order chi connectivity index (χ0) is 29.5. The largest absolute Gasteiger partial charge is 0.549 e. The van der Waals surface area contributed by atoms with Crippen molar-refractivity contribution in [2.75, 3.05) is 0 Å². The van der Waals surface area contributed by atoms with Crippen LogP contribution in [0.2, 0.25) is 30.2 Å². The topological polar surface area (TPSA) is 9.23 Å². The third-order valence-electron chi connectivity index (χ3n) is 9.48. The summed E-state index contributed by atoms with van der Waals surface area (Å²) in [4.78, 5) is 0. The minimum absolute atomic E-state index is 0.101. The first-order valence-corrected chi connectivity index (χ1v) is 25.8. The van der Waals surface area contributed by atoms with E-state index in [0.29, 0.717) is 5.04 Å². The van der Waals surface area contributed by atoms with E-state index in [1.54, 1.807) is 0 Å². The fourth-order valence-corrected chi connectivity index (χ4v) is 154. The molecule has 1 nitrogen and oxygen atoms in total. The van der Waals surface area contributed by atoms with E-state index in [-0.39, 0.29) is 25.2 Å². The number of benzene rings is 1. The van der Waals surface area contributed by atoms with Crippen LogP contribution in [0.1, 0.15) is 130 Å². The van der Waals surface area contributed by atoms with Gasteiger partial charge >= 0.3 is 0 Å². The molecule has 0 aromatic heterocycles. The second kappa shape index (κ2) is 9.07. The van der Waals surface area contributed by atoms with Crippen molar-refractivity contribution in [3.63, 3.8) is 0 Å². The smallest absolute Gasteiger partial charge is 0.222 e. The van der Waals surface area contributed by atoms with Crippen LogP contribution >= 0.6 is 0 Å². The van der Waals surface area contributed by atoms with Crippen LogP contribution in [0.25, 0.3) is 5.76 Å². The molecule has 0 aliphatic carbocycles. The van der Waals surface area contributed by atoms with Crippen LogP contribution in [0.5, 0.6) is 0 Å². The van der Waals surface area contributed by atoms with Crippen LogP contribution in [0.4, 0.5) is 0 Å². The molecule has 1 radical (unpaired) electrons. The van der Waals surface area contributed by atoms with Gasteiger partial charge < -0.3 is 4.43 Å². The van der Waals surface area contributed by atoms with E-state index in [4.69, 9.17) is 11.0 Å². The van der Waals surface area contributed by atoms with Crippen molar-refractivity contribution in [1.29, 1.82) is 0 Å². The normalized spacial score (nSPS) is 20.8. The highest BCUT2D eigenvalue weighted by molar-refractivity contribution is 8.11. The van der Waals surface area contributed by atoms with Gasteiger partial charge in [0.1, 0.15) is 5.76 Å². The second-order valence-electron chi connectivity index (χ2n) is 17.9. The average Bonchev–Trinajstić information content (AvgIpc) is 2.58. The Kier molecular flexibility index (Phi) is 8.05. The number of rotatable bonds is 3. The van der Waals surface area contributed by atoms with Crippen LogP contribution in [0.3, 0.4) is 0 Å². The highest BCUT2D eigenvalue weighted by Gasteiger charge is 2.98. The van der Waals surface area contributed by atoms with Gasteiger partial charge in [0, 0.05) is 13.4 Å². The summed E-state index contributed by atoms with van der Waals surface area (Å²) >= 11 is 0. The summed E-state index contributed by atoms with van der Waals surface area (Å²) in [7, 11) is -7.68. The molecule has 1 heterocycles. The maximum atomic E-state index is 8.08. The van der Waals surface area contributed by atoms with Crippen molar-refractivity contribution in [2.45, 2.75) is 155 Å². The third-order valence-corrected chi connectivity index (χ3v) is 98.0. The van der Waals surface area contributed by atoms with Crippen LogP contribution in [0, 0.1) is 0 Å². The Labute approximate surface area is 236 Å². The Morgan fingerprint density at radius 3 is 1.14 bits per heavy atom. The average molecular weight is 574 g/mol. The van der Waals surface area contributed by atoms with Crippen molar-refractivity contribution >= 4 is 35.2 Å². The van der Waals surface area contributed by atoms with E-state index in [1.807, 2.05) is 0 Å². The number of hydrogen-bond donors (Lipinski definition) is 0. The van der Waals surface area contributed by atoms with Crippen molar-refractivity contribution < 1.29 is 4.43 Å². The molecular formula is C32H61OSi4. The van der Waals surface area contributed by atoms with E-state index in [2.05, 4.69) is 155 Å². The van der Waals surface area contributed by atoms with E-state index in [9.17, 15) is 0 Å². The predicted octanol–water partition coefficient (Wildman–Crippen LogP) is 11.1. The first kappa shape index (κ1) is 32.8. The van der Waals surface area contributed by atoms with Crippen molar-refractivity contribution in [2.24, 2.45) is 0 Å². The summed E-state index contributed by atoms with van der Waals surface area (Å²) in [6.07, 6.45) is 0. The Morgan fingerprint density at radius 2 is 0.892 bits per heavy atom. The molecule has 1 saturated heterocycles. The van der Waals surface area contributed by atoms with E-state index >= 15 is 0 Å². The lowest BCUT2D eigenvalue weighted by atomic mass is 10.2. The molecule has 0 atom stereocenters. The van der Waals surface area contributed by atoms with E-state index in [1.165, 1.54) is 0 Å². The van der Waals surface area contributed by atoms with E-state index < -0.39 is 29.4 Å². The Morgan fingerprint density at radius 1 is 0.568 bits per heavy atom. The molecule has 1 aliphatic heterocycles. The zero-order valence-electron chi connectivity index (χ0n) is 28.0. The second-order valence-corrected chi connectivity index (χ2v) is 54.5. The molecule has 0 unspecified atom stereocenters. The molecule has 37 heavy (non-hydrogen) atoms. The van der Waals surface area contributed by atoms with Gasteiger partial charge in [0.15, 0.2) is 0 Å². The van der Waals surface area contributed by atoms with E-state index in [0.717, 1.165) is 11.3 Å². The summed E-state index contributed by atoms with van der Waals surface area (Å²) in [6.45, 7) is 51.7. The molecule has 0 amide bonds. The molecule has 0 spiro atoms. The monoisotopic (exact) mass is 573 g/mol. The quantitative estimate of drug-likeness (QED) is 0.258. The maximum Gasteiger partial charge on any atom is 0.222 e. The van der Waals surface area contributed by atoms with Crippen LogP contribution in [-0.4, -0.2) is 29.4 Å². The standard InChI is InChI=1S/C32H61OSi4/c1-25(26-23-21-20-22-24-26)33-37(32(17,18)19)35(28(5,6)7,29(8,9)10)34(27(2,3)4)36(37,30(11,12)13)31(14,15)16/h20-24H,1H2,2-19H3. The van der Waals surface area contributed by atoms with Gasteiger partial charge in [-0.2, -0.15) is 0 Å². The minimum atomic E-state index is -2.54. The summed E-state index contributed by atoms with van der Waals surface area (Å²) in [5.74, 6) is 0.938. The summed E-state index contributed by atoms with van der Waals surface area (Å²) in [5, 5.41) is 1.34. The lowest BCUT2D eigenvalue weighted by Gasteiger charge is -2.88. The van der Waals surface area contributed by atoms with Crippen LogP contribution in [-0.2, 0) is 4.43 Å². The highest BCUT2D eigenvalue weighted by atomic mass is 30.2. The van der Waals surface area contributed by atoms with Gasteiger partial charge in [-0.1, -0.05) is 162 Å². The zero-order valence-corrected chi connectivity index (χ0v) is 32.0. The number of hydrogen-bond acceptors (Lipinski definition) is 1. The van der Waals surface area contributed by atoms with Gasteiger partial charge in [0.25, 0.3) is 0 Å². The fourth-order valence-electron chi connectivity index (χ4n) is 10.1. The molecule has 211 valence electrons. The molecule has 1 aromatic carbocycles. The summed E-state index contributed by atoms with van der Waals surface area (Å²) < 4.78 is 8.08. The SMILES string of the molecule is C=C(O[Si]1(C(C)(C)C)[Si](C(C)(C)C)(C(C)(C)C)[Si](C(C)(C)C)[Si]1(C(C)(C)C)C(C)(C)C)c1ccccc1. The van der Waals surface area contributed by atoms with Crippen molar-refractivity contribution in [3.8, 4) is 0 Å². The first-order valence-electron chi connectivity index (χ1n) is 14.4. The lowest BCUT2D eigenvalue weighted by Crippen LogP contribution is -3.11. The maximum absolute atomic E-state index is 8.08. The Bertz CT molecular complexity index is 915. The Hall–Kier alpha value is -0.372. The Balaban J connectivity index is 3.35. The molecular weight excluding hydrogens is 513 g/mol. The summed E-state index contributed by atoms with van der Waals surface area (Å²) in [5.41, 5.74) is 1.16. The summed E-state index contributed by atoms with van der Waals surface area (Å²) in [6, 6.07) is 10.8. The van der Waals surface area contributed by atoms with Crippen LogP contribution in [0.15, 0.2) is 36.9 Å². The molecule has 1 aromatic rings. The van der Waals surface area contributed by atoms with Crippen molar-refractivity contribution in [3.05, 3.63) is 42.5 Å². The lowest BCUT2D eigenvalue weighted by molar-refractivity contribution is 0.458. The van der Waals surface area contributed by atoms with Gasteiger partial charge in [-0.3, -0.25) is 0 Å². The van der Waals surface area contributed by atoms with Gasteiger partial charge in [0.2, 0.25) is 7.35 Å². The molecule has 1 fully saturated rings.